The van der Waals surface area contributed by atoms with Crippen LogP contribution in [0.2, 0.25) is 5.02 Å². The monoisotopic (exact) mass is 385 g/mol. The third kappa shape index (κ3) is 3.57. The summed E-state index contributed by atoms with van der Waals surface area (Å²) in [4.78, 5) is 24.7. The second-order valence-corrected chi connectivity index (χ2v) is 6.99. The normalized spacial score (nSPS) is 13.9. The van der Waals surface area contributed by atoms with Crippen molar-refractivity contribution < 1.29 is 22.8 Å². The Morgan fingerprint density at radius 3 is 2.80 bits per heavy atom. The van der Waals surface area contributed by atoms with Crippen LogP contribution >= 0.6 is 23.4 Å². The maximum atomic E-state index is 12.7. The summed E-state index contributed by atoms with van der Waals surface area (Å²) >= 11 is 6.22. The van der Waals surface area contributed by atoms with Gasteiger partial charge in [0, 0.05) is 18.4 Å². The van der Waals surface area contributed by atoms with Crippen LogP contribution in [0.25, 0.3) is 0 Å². The van der Waals surface area contributed by atoms with Crippen LogP contribution in [0, 0.1) is 6.92 Å². The van der Waals surface area contributed by atoms with Crippen LogP contribution in [0.4, 0.5) is 14.5 Å². The average molecular weight is 386 g/mol. The van der Waals surface area contributed by atoms with E-state index < -0.39 is 11.7 Å². The van der Waals surface area contributed by atoms with Crippen molar-refractivity contribution in [2.45, 2.75) is 36.8 Å². The smallest absolute Gasteiger partial charge is 0.291 e. The minimum absolute atomic E-state index is 0.0215. The Labute approximate surface area is 151 Å². The van der Waals surface area contributed by atoms with Gasteiger partial charge in [0.2, 0.25) is 0 Å². The average Bonchev–Trinajstić information content (AvgIpc) is 2.89. The number of halogens is 3. The molecule has 1 heterocycles. The number of rotatable bonds is 4. The van der Waals surface area contributed by atoms with Crippen molar-refractivity contribution in [3.05, 3.63) is 45.9 Å². The van der Waals surface area contributed by atoms with E-state index in [1.54, 1.807) is 13.0 Å². The van der Waals surface area contributed by atoms with Crippen LogP contribution in [-0.2, 0) is 6.42 Å². The minimum Gasteiger partial charge on any atom is -0.455 e. The van der Waals surface area contributed by atoms with E-state index in [0.717, 1.165) is 0 Å². The number of furan rings is 1. The van der Waals surface area contributed by atoms with Gasteiger partial charge in [0.25, 0.3) is 11.7 Å². The van der Waals surface area contributed by atoms with Crippen molar-refractivity contribution >= 4 is 40.7 Å². The highest BCUT2D eigenvalue weighted by Gasteiger charge is 2.29. The fraction of sp³-hybridized carbons (Fsp3) is 0.294. The number of fused-ring (bicyclic) bond motifs is 1. The van der Waals surface area contributed by atoms with Crippen LogP contribution in [0.15, 0.2) is 27.5 Å². The summed E-state index contributed by atoms with van der Waals surface area (Å²) in [5.41, 5.74) is 1.11. The van der Waals surface area contributed by atoms with Crippen molar-refractivity contribution in [1.29, 1.82) is 0 Å². The molecule has 4 nitrogen and oxygen atoms in total. The predicted octanol–water partition coefficient (Wildman–Crippen LogP) is 5.33. The van der Waals surface area contributed by atoms with Gasteiger partial charge in [-0.15, -0.1) is 0 Å². The lowest BCUT2D eigenvalue weighted by Crippen LogP contribution is -2.14. The lowest BCUT2D eigenvalue weighted by Gasteiger charge is -2.11. The fourth-order valence-electron chi connectivity index (χ4n) is 2.86. The number of anilines is 1. The Morgan fingerprint density at radius 2 is 2.12 bits per heavy atom. The number of ketones is 1. The van der Waals surface area contributed by atoms with Crippen LogP contribution < -0.4 is 5.32 Å². The molecule has 1 aromatic carbocycles. The molecule has 1 aromatic heterocycles. The lowest BCUT2D eigenvalue weighted by molar-refractivity contribution is 0.0963. The zero-order chi connectivity index (χ0) is 18.1. The van der Waals surface area contributed by atoms with Gasteiger partial charge in [0.15, 0.2) is 11.5 Å². The summed E-state index contributed by atoms with van der Waals surface area (Å²) < 4.78 is 31.0. The standard InChI is InChI=1S/C17H14ClF2NO3S/c1-8-13-11(22)6-3-7-12(13)24-14(8)16(23)21-10-5-2-4-9(18)15(10)25-17(19)20/h2,4-5,17H,3,6-7H2,1H3,(H,21,23). The summed E-state index contributed by atoms with van der Waals surface area (Å²) in [6.07, 6.45) is 1.71. The van der Waals surface area contributed by atoms with Crippen molar-refractivity contribution in [3.8, 4) is 0 Å². The Morgan fingerprint density at radius 1 is 1.36 bits per heavy atom. The zero-order valence-corrected chi connectivity index (χ0v) is 14.8. The number of Topliss-reactive ketones (excluding diaryl/α,β-unsaturated/α-hetero) is 1. The molecule has 0 aliphatic heterocycles. The second kappa shape index (κ2) is 7.17. The minimum atomic E-state index is -2.68. The third-order valence-corrected chi connectivity index (χ3v) is 5.22. The van der Waals surface area contributed by atoms with Crippen LogP contribution in [0.1, 0.15) is 45.1 Å². The van der Waals surface area contributed by atoms with E-state index in [0.29, 0.717) is 36.1 Å². The molecule has 0 fully saturated rings. The van der Waals surface area contributed by atoms with Crippen LogP contribution in [-0.4, -0.2) is 17.4 Å². The van der Waals surface area contributed by atoms with E-state index in [4.69, 9.17) is 16.0 Å². The van der Waals surface area contributed by atoms with Crippen LogP contribution in [0.3, 0.4) is 0 Å². The van der Waals surface area contributed by atoms with Gasteiger partial charge in [-0.2, -0.15) is 8.78 Å². The number of hydrogen-bond acceptors (Lipinski definition) is 4. The molecule has 0 atom stereocenters. The molecule has 1 aliphatic carbocycles. The lowest BCUT2D eigenvalue weighted by atomic mass is 9.94. The molecule has 2 aromatic rings. The first-order valence-corrected chi connectivity index (χ1v) is 8.84. The summed E-state index contributed by atoms with van der Waals surface area (Å²) in [5.74, 6) is -2.79. The molecule has 0 saturated heterocycles. The molecule has 0 spiro atoms. The Bertz CT molecular complexity index is 851. The van der Waals surface area contributed by atoms with Gasteiger partial charge in [-0.25, -0.2) is 0 Å². The molecule has 0 bridgehead atoms. The second-order valence-electron chi connectivity index (χ2n) is 5.58. The molecule has 132 valence electrons. The molecule has 8 heteroatoms. The number of thioether (sulfide) groups is 1. The van der Waals surface area contributed by atoms with E-state index in [1.807, 2.05) is 0 Å². The number of benzene rings is 1. The predicted molar refractivity (Wildman–Crippen MR) is 92.0 cm³/mol. The van der Waals surface area contributed by atoms with Gasteiger partial charge in [-0.1, -0.05) is 29.4 Å². The number of aryl methyl sites for hydroxylation is 1. The number of nitrogens with one attached hydrogen (secondary N) is 1. The first-order chi connectivity index (χ1) is 11.9. The Kier molecular flexibility index (Phi) is 5.15. The zero-order valence-electron chi connectivity index (χ0n) is 13.2. The maximum Gasteiger partial charge on any atom is 0.291 e. The summed E-state index contributed by atoms with van der Waals surface area (Å²) in [6, 6.07) is 4.51. The first-order valence-electron chi connectivity index (χ1n) is 7.58. The topological polar surface area (TPSA) is 59.3 Å². The van der Waals surface area contributed by atoms with E-state index in [9.17, 15) is 18.4 Å². The van der Waals surface area contributed by atoms with Crippen LogP contribution in [0.5, 0.6) is 0 Å². The van der Waals surface area contributed by atoms with Gasteiger partial charge >= 0.3 is 0 Å². The number of carbonyl (C=O) groups is 2. The highest BCUT2D eigenvalue weighted by Crippen LogP contribution is 2.38. The van der Waals surface area contributed by atoms with Gasteiger partial charge in [0.1, 0.15) is 5.76 Å². The largest absolute Gasteiger partial charge is 0.455 e. The SMILES string of the molecule is Cc1c(C(=O)Nc2cccc(Cl)c2SC(F)F)oc2c1C(=O)CCC2. The van der Waals surface area contributed by atoms with E-state index in [2.05, 4.69) is 5.32 Å². The van der Waals surface area contributed by atoms with Gasteiger partial charge in [0.05, 0.1) is 21.2 Å². The van der Waals surface area contributed by atoms with Gasteiger partial charge < -0.3 is 9.73 Å². The van der Waals surface area contributed by atoms with Crippen molar-refractivity contribution in [1.82, 2.24) is 0 Å². The molecule has 0 unspecified atom stereocenters. The van der Waals surface area contributed by atoms with Crippen molar-refractivity contribution in [3.63, 3.8) is 0 Å². The van der Waals surface area contributed by atoms with E-state index in [-0.39, 0.29) is 38.9 Å². The fourth-order valence-corrected chi connectivity index (χ4v) is 3.77. The van der Waals surface area contributed by atoms with Crippen molar-refractivity contribution in [2.75, 3.05) is 5.32 Å². The highest BCUT2D eigenvalue weighted by molar-refractivity contribution is 7.99. The quantitative estimate of drug-likeness (QED) is 0.723. The Hall–Kier alpha value is -1.86. The number of hydrogen-bond donors (Lipinski definition) is 1. The van der Waals surface area contributed by atoms with E-state index >= 15 is 0 Å². The molecular formula is C17H14ClF2NO3S. The number of amides is 1. The third-order valence-electron chi connectivity index (χ3n) is 3.93. The molecule has 3 rings (SSSR count). The highest BCUT2D eigenvalue weighted by atomic mass is 35.5. The van der Waals surface area contributed by atoms with Gasteiger partial charge in [-0.05, 0) is 25.5 Å². The summed E-state index contributed by atoms with van der Waals surface area (Å²) in [7, 11) is 0. The Balaban J connectivity index is 1.92. The summed E-state index contributed by atoms with van der Waals surface area (Å²) in [6.45, 7) is 1.65. The van der Waals surface area contributed by atoms with E-state index in [1.165, 1.54) is 12.1 Å². The van der Waals surface area contributed by atoms with Crippen molar-refractivity contribution in [2.24, 2.45) is 0 Å². The van der Waals surface area contributed by atoms with Gasteiger partial charge in [-0.3, -0.25) is 9.59 Å². The number of alkyl halides is 2. The maximum absolute atomic E-state index is 12.7. The molecule has 0 saturated carbocycles. The molecule has 1 amide bonds. The molecule has 0 radical (unpaired) electrons. The molecule has 1 N–H and O–H groups in total. The summed E-state index contributed by atoms with van der Waals surface area (Å²) in [5, 5.41) is 2.67. The number of carbonyl (C=O) groups excluding carboxylic acids is 2. The first kappa shape index (κ1) is 17.9. The molecular weight excluding hydrogens is 372 g/mol. The molecule has 1 aliphatic rings. The molecule has 25 heavy (non-hydrogen) atoms.